The number of methoxy groups -OCH3 is 1. The van der Waals surface area contributed by atoms with Crippen LogP contribution < -0.4 is 4.74 Å². The van der Waals surface area contributed by atoms with Gasteiger partial charge in [-0.2, -0.15) is 4.31 Å². The molecule has 0 spiro atoms. The van der Waals surface area contributed by atoms with E-state index in [-0.39, 0.29) is 38.7 Å². The average molecular weight is 453 g/mol. The minimum Gasteiger partial charge on any atom is -0.497 e. The molecule has 1 fully saturated rings. The van der Waals surface area contributed by atoms with Crippen LogP contribution in [0.2, 0.25) is 0 Å². The molecule has 0 bridgehead atoms. The lowest BCUT2D eigenvalue weighted by atomic mass is 10.1. The first-order valence-electron chi connectivity index (χ1n) is 9.34. The number of nitrogens with zero attached hydrogens (tertiary/aromatic N) is 2. The monoisotopic (exact) mass is 452 g/mol. The van der Waals surface area contributed by atoms with E-state index >= 15 is 0 Å². The lowest BCUT2D eigenvalue weighted by Crippen LogP contribution is -2.51. The van der Waals surface area contributed by atoms with E-state index in [1.54, 1.807) is 13.2 Å². The van der Waals surface area contributed by atoms with Gasteiger partial charge in [0.15, 0.2) is 6.61 Å². The Morgan fingerprint density at radius 3 is 2.30 bits per heavy atom. The fourth-order valence-electron chi connectivity index (χ4n) is 3.20. The van der Waals surface area contributed by atoms with Gasteiger partial charge in [0.1, 0.15) is 10.6 Å². The van der Waals surface area contributed by atoms with Crippen molar-refractivity contribution in [3.05, 3.63) is 40.1 Å². The molecule has 8 nitrogen and oxygen atoms in total. The number of benzene rings is 1. The van der Waals surface area contributed by atoms with Crippen molar-refractivity contribution in [3.63, 3.8) is 0 Å². The number of thiophene rings is 1. The summed E-state index contributed by atoms with van der Waals surface area (Å²) in [7, 11) is -1.66. The number of hydrogen-bond donors (Lipinski definition) is 0. The fourth-order valence-corrected chi connectivity index (χ4v) is 4.96. The Hall–Kier alpha value is -2.43. The van der Waals surface area contributed by atoms with Gasteiger partial charge < -0.3 is 14.4 Å². The number of hydrogen-bond acceptors (Lipinski definition) is 7. The second-order valence-electron chi connectivity index (χ2n) is 6.93. The Morgan fingerprint density at radius 1 is 1.10 bits per heavy atom. The van der Waals surface area contributed by atoms with E-state index in [4.69, 9.17) is 9.47 Å². The van der Waals surface area contributed by atoms with E-state index in [9.17, 15) is 18.0 Å². The molecular formula is C20H24N2O6S2. The number of piperazine rings is 1. The molecule has 162 valence electrons. The number of esters is 1. The van der Waals surface area contributed by atoms with Crippen molar-refractivity contribution in [2.24, 2.45) is 0 Å². The van der Waals surface area contributed by atoms with Gasteiger partial charge in [-0.1, -0.05) is 12.1 Å². The molecule has 1 amide bonds. The molecule has 0 unspecified atom stereocenters. The summed E-state index contributed by atoms with van der Waals surface area (Å²) in [5.41, 5.74) is 1.89. The van der Waals surface area contributed by atoms with Crippen molar-refractivity contribution in [1.29, 1.82) is 0 Å². The normalized spacial score (nSPS) is 15.1. The topological polar surface area (TPSA) is 93.2 Å². The highest BCUT2D eigenvalue weighted by atomic mass is 32.2. The predicted octanol–water partition coefficient (Wildman–Crippen LogP) is 1.99. The minimum atomic E-state index is -3.26. The van der Waals surface area contributed by atoms with E-state index < -0.39 is 16.0 Å². The molecule has 0 N–H and O–H groups in total. The summed E-state index contributed by atoms with van der Waals surface area (Å²) in [5.74, 6) is -0.131. The second kappa shape index (κ2) is 9.15. The number of carbonyl (C=O) groups is 2. The second-order valence-corrected chi connectivity index (χ2v) is 10.2. The van der Waals surface area contributed by atoms with Gasteiger partial charge in [-0.25, -0.2) is 13.2 Å². The van der Waals surface area contributed by atoms with Crippen LogP contribution in [0.1, 0.15) is 14.5 Å². The molecule has 2 aromatic rings. The fraction of sp³-hybridized carbons (Fsp3) is 0.400. The third-order valence-corrected chi connectivity index (χ3v) is 7.24. The maximum absolute atomic E-state index is 12.4. The Balaban J connectivity index is 1.57. The third-order valence-electron chi connectivity index (χ3n) is 4.91. The zero-order valence-electron chi connectivity index (χ0n) is 17.1. The van der Waals surface area contributed by atoms with E-state index in [1.807, 2.05) is 31.2 Å². The quantitative estimate of drug-likeness (QED) is 0.623. The van der Waals surface area contributed by atoms with Crippen LogP contribution in [-0.2, 0) is 19.6 Å². The molecule has 1 saturated heterocycles. The molecule has 1 aliphatic rings. The van der Waals surface area contributed by atoms with Crippen LogP contribution in [-0.4, -0.2) is 75.7 Å². The smallest absolute Gasteiger partial charge is 0.348 e. The molecule has 0 radical (unpaired) electrons. The van der Waals surface area contributed by atoms with E-state index in [0.29, 0.717) is 4.88 Å². The molecule has 0 aliphatic carbocycles. The zero-order valence-corrected chi connectivity index (χ0v) is 18.7. The van der Waals surface area contributed by atoms with Crippen molar-refractivity contribution >= 4 is 33.2 Å². The van der Waals surface area contributed by atoms with Gasteiger partial charge in [0, 0.05) is 31.1 Å². The Morgan fingerprint density at radius 2 is 1.73 bits per heavy atom. The molecule has 0 saturated carbocycles. The van der Waals surface area contributed by atoms with Crippen LogP contribution in [0.15, 0.2) is 30.3 Å². The van der Waals surface area contributed by atoms with E-state index in [2.05, 4.69) is 0 Å². The Labute approximate surface area is 180 Å². The highest BCUT2D eigenvalue weighted by Gasteiger charge is 2.26. The van der Waals surface area contributed by atoms with Crippen molar-refractivity contribution in [3.8, 4) is 16.9 Å². The summed E-state index contributed by atoms with van der Waals surface area (Å²) in [6.45, 7) is 2.61. The summed E-state index contributed by atoms with van der Waals surface area (Å²) >= 11 is 1.31. The van der Waals surface area contributed by atoms with Crippen LogP contribution in [0, 0.1) is 6.92 Å². The molecule has 0 atom stereocenters. The van der Waals surface area contributed by atoms with Crippen molar-refractivity contribution < 1.29 is 27.5 Å². The van der Waals surface area contributed by atoms with Crippen LogP contribution in [0.25, 0.3) is 11.1 Å². The summed E-state index contributed by atoms with van der Waals surface area (Å²) < 4.78 is 34.8. The van der Waals surface area contributed by atoms with E-state index in [0.717, 1.165) is 28.0 Å². The number of ether oxygens (including phenoxy) is 2. The van der Waals surface area contributed by atoms with Gasteiger partial charge in [-0.3, -0.25) is 4.79 Å². The van der Waals surface area contributed by atoms with Gasteiger partial charge in [0.05, 0.1) is 13.4 Å². The first-order valence-corrected chi connectivity index (χ1v) is 12.0. The summed E-state index contributed by atoms with van der Waals surface area (Å²) in [6.07, 6.45) is 1.15. The summed E-state index contributed by atoms with van der Waals surface area (Å²) in [5, 5.41) is 0. The summed E-state index contributed by atoms with van der Waals surface area (Å²) in [6, 6.07) is 9.31. The van der Waals surface area contributed by atoms with Gasteiger partial charge in [0.25, 0.3) is 5.91 Å². The van der Waals surface area contributed by atoms with Crippen LogP contribution in [0.3, 0.4) is 0 Å². The number of aryl methyl sites for hydroxylation is 1. The Kier molecular flexibility index (Phi) is 6.79. The van der Waals surface area contributed by atoms with E-state index in [1.165, 1.54) is 20.5 Å². The molecule has 1 aromatic carbocycles. The lowest BCUT2D eigenvalue weighted by molar-refractivity contribution is -0.135. The van der Waals surface area contributed by atoms with Gasteiger partial charge >= 0.3 is 5.97 Å². The molecule has 30 heavy (non-hydrogen) atoms. The van der Waals surface area contributed by atoms with Crippen LogP contribution in [0.5, 0.6) is 5.75 Å². The summed E-state index contributed by atoms with van der Waals surface area (Å²) in [4.78, 5) is 27.6. The molecular weight excluding hydrogens is 428 g/mol. The molecule has 1 aliphatic heterocycles. The number of rotatable bonds is 6. The third kappa shape index (κ3) is 5.18. The number of sulfonamides is 1. The SMILES string of the molecule is COc1ccc(-c2cc(C(=O)OCC(=O)N3CCN(S(C)(=O)=O)CC3)sc2C)cc1. The van der Waals surface area contributed by atoms with Crippen LogP contribution >= 0.6 is 11.3 Å². The minimum absolute atomic E-state index is 0.244. The molecule has 3 rings (SSSR count). The van der Waals surface area contributed by atoms with Crippen molar-refractivity contribution in [2.75, 3.05) is 46.2 Å². The van der Waals surface area contributed by atoms with Crippen molar-refractivity contribution in [1.82, 2.24) is 9.21 Å². The van der Waals surface area contributed by atoms with Gasteiger partial charge in [-0.15, -0.1) is 11.3 Å². The molecule has 1 aromatic heterocycles. The van der Waals surface area contributed by atoms with Crippen LogP contribution in [0.4, 0.5) is 0 Å². The lowest BCUT2D eigenvalue weighted by Gasteiger charge is -2.33. The largest absolute Gasteiger partial charge is 0.497 e. The Bertz CT molecular complexity index is 1020. The maximum Gasteiger partial charge on any atom is 0.348 e. The van der Waals surface area contributed by atoms with Crippen molar-refractivity contribution in [2.45, 2.75) is 6.92 Å². The predicted molar refractivity (Wildman–Crippen MR) is 114 cm³/mol. The standard InChI is InChI=1S/C20H24N2O6S2/c1-14-17(15-4-6-16(27-2)7-5-15)12-18(29-14)20(24)28-13-19(23)21-8-10-22(11-9-21)30(3,25)26/h4-7,12H,8-11,13H2,1-3H3. The number of carbonyl (C=O) groups excluding carboxylic acids is 2. The zero-order chi connectivity index (χ0) is 21.9. The average Bonchev–Trinajstić information content (AvgIpc) is 3.13. The van der Waals surface area contributed by atoms with Gasteiger partial charge in [0.2, 0.25) is 10.0 Å². The van der Waals surface area contributed by atoms with Gasteiger partial charge in [-0.05, 0) is 36.2 Å². The molecule has 2 heterocycles. The highest BCUT2D eigenvalue weighted by Crippen LogP contribution is 2.32. The molecule has 10 heteroatoms. The number of amides is 1. The maximum atomic E-state index is 12.4. The highest BCUT2D eigenvalue weighted by molar-refractivity contribution is 7.88. The first kappa shape index (κ1) is 22.3. The first-order chi connectivity index (χ1) is 14.2.